The zero-order chi connectivity index (χ0) is 13.0. The van der Waals surface area contributed by atoms with E-state index in [0.29, 0.717) is 0 Å². The van der Waals surface area contributed by atoms with Crippen molar-refractivity contribution >= 4 is 5.69 Å². The Morgan fingerprint density at radius 1 is 1.59 bits per heavy atom. The molecule has 1 heterocycles. The number of aromatic nitrogens is 1. The van der Waals surface area contributed by atoms with Crippen LogP contribution in [0.25, 0.3) is 0 Å². The lowest BCUT2D eigenvalue weighted by Crippen LogP contribution is -2.30. The van der Waals surface area contributed by atoms with E-state index in [2.05, 4.69) is 10.3 Å². The summed E-state index contributed by atoms with van der Waals surface area (Å²) < 4.78 is 0. The smallest absolute Gasteiger partial charge is 0.334 e. The van der Waals surface area contributed by atoms with Crippen molar-refractivity contribution in [3.05, 3.63) is 38.3 Å². The van der Waals surface area contributed by atoms with Gasteiger partial charge in [-0.1, -0.05) is 0 Å². The van der Waals surface area contributed by atoms with Crippen LogP contribution >= 0.6 is 0 Å². The lowest BCUT2D eigenvalue weighted by atomic mass is 10.1. The van der Waals surface area contributed by atoms with Gasteiger partial charge >= 0.3 is 11.2 Å². The van der Waals surface area contributed by atoms with Gasteiger partial charge in [-0.15, -0.1) is 0 Å². The van der Waals surface area contributed by atoms with Crippen LogP contribution in [0, 0.1) is 10.1 Å². The van der Waals surface area contributed by atoms with Gasteiger partial charge in [0.05, 0.1) is 11.0 Å². The van der Waals surface area contributed by atoms with Crippen molar-refractivity contribution in [1.29, 1.82) is 0 Å². The van der Waals surface area contributed by atoms with Crippen molar-refractivity contribution in [2.75, 3.05) is 13.6 Å². The fourth-order valence-corrected chi connectivity index (χ4v) is 1.34. The Balaban J connectivity index is 3.03. The van der Waals surface area contributed by atoms with Gasteiger partial charge in [-0.05, 0) is 7.05 Å². The Hall–Kier alpha value is -1.77. The van der Waals surface area contributed by atoms with Gasteiger partial charge in [0.1, 0.15) is 6.10 Å². The van der Waals surface area contributed by atoms with Gasteiger partial charge in [0.15, 0.2) is 0 Å². The molecule has 0 fully saturated rings. The summed E-state index contributed by atoms with van der Waals surface area (Å²) in [6, 6.07) is 0.947. The molecule has 1 rings (SSSR count). The van der Waals surface area contributed by atoms with E-state index in [9.17, 15) is 25.1 Å². The molecule has 2 atom stereocenters. The second-order valence-electron chi connectivity index (χ2n) is 3.47. The molecule has 2 unspecified atom stereocenters. The summed E-state index contributed by atoms with van der Waals surface area (Å²) in [5, 5.41) is 32.4. The summed E-state index contributed by atoms with van der Waals surface area (Å²) in [5.41, 5.74) is -1.44. The largest absolute Gasteiger partial charge is 0.389 e. The average Bonchev–Trinajstić information content (AvgIpc) is 2.28. The average molecular weight is 243 g/mol. The van der Waals surface area contributed by atoms with E-state index < -0.39 is 28.4 Å². The van der Waals surface area contributed by atoms with Crippen molar-refractivity contribution in [1.82, 2.24) is 10.3 Å². The lowest BCUT2D eigenvalue weighted by Gasteiger charge is -2.17. The molecule has 1 aromatic heterocycles. The van der Waals surface area contributed by atoms with Crippen molar-refractivity contribution in [3.8, 4) is 0 Å². The molecule has 0 radical (unpaired) electrons. The maximum absolute atomic E-state index is 11.1. The number of nitrogens with one attached hydrogen (secondary N) is 2. The highest BCUT2D eigenvalue weighted by molar-refractivity contribution is 5.31. The van der Waals surface area contributed by atoms with E-state index in [4.69, 9.17) is 0 Å². The predicted octanol–water partition coefficient (Wildman–Crippen LogP) is -1.10. The van der Waals surface area contributed by atoms with Crippen LogP contribution in [-0.4, -0.2) is 39.8 Å². The number of aliphatic hydroxyl groups excluding tert-OH is 2. The maximum atomic E-state index is 11.1. The van der Waals surface area contributed by atoms with E-state index in [1.54, 1.807) is 7.05 Å². The quantitative estimate of drug-likeness (QED) is 0.383. The molecule has 1 aromatic rings. The Kier molecular flexibility index (Phi) is 4.32. The summed E-state index contributed by atoms with van der Waals surface area (Å²) >= 11 is 0. The van der Waals surface area contributed by atoms with E-state index in [-0.39, 0.29) is 12.1 Å². The summed E-state index contributed by atoms with van der Waals surface area (Å²) in [4.78, 5) is 22.9. The first-order valence-electron chi connectivity index (χ1n) is 4.85. The number of nitrogens with zero attached hydrogens (tertiary/aromatic N) is 1. The molecule has 94 valence electrons. The number of hydrogen-bond acceptors (Lipinski definition) is 6. The first-order chi connectivity index (χ1) is 7.97. The molecule has 0 aliphatic carbocycles. The first kappa shape index (κ1) is 13.3. The second-order valence-corrected chi connectivity index (χ2v) is 3.47. The number of H-pyrrole nitrogens is 1. The van der Waals surface area contributed by atoms with Crippen LogP contribution in [0.3, 0.4) is 0 Å². The molecule has 4 N–H and O–H groups in total. The van der Waals surface area contributed by atoms with E-state index in [1.807, 2.05) is 0 Å². The minimum Gasteiger partial charge on any atom is -0.389 e. The summed E-state index contributed by atoms with van der Waals surface area (Å²) in [7, 11) is 1.59. The number of pyridine rings is 1. The zero-order valence-corrected chi connectivity index (χ0v) is 9.08. The molecule has 0 saturated carbocycles. The highest BCUT2D eigenvalue weighted by Gasteiger charge is 2.21. The van der Waals surface area contributed by atoms with Gasteiger partial charge in [0.2, 0.25) is 0 Å². The standard InChI is InChI=1S/C9H13N3O5/c1-10-4-7(13)8(14)5-2-6(12(16)17)9(15)11-3-5/h2-3,7-8,10,13-14H,4H2,1H3,(H,11,15). The molecule has 17 heavy (non-hydrogen) atoms. The van der Waals surface area contributed by atoms with E-state index in [1.165, 1.54) is 0 Å². The highest BCUT2D eigenvalue weighted by Crippen LogP contribution is 2.17. The van der Waals surface area contributed by atoms with Crippen LogP contribution in [0.5, 0.6) is 0 Å². The third-order valence-corrected chi connectivity index (χ3v) is 2.22. The van der Waals surface area contributed by atoms with Gasteiger partial charge in [0.25, 0.3) is 0 Å². The molecule has 0 aliphatic heterocycles. The van der Waals surface area contributed by atoms with E-state index >= 15 is 0 Å². The van der Waals surface area contributed by atoms with Crippen LogP contribution < -0.4 is 10.9 Å². The van der Waals surface area contributed by atoms with Gasteiger partial charge in [-0.25, -0.2) is 0 Å². The Morgan fingerprint density at radius 3 is 2.76 bits per heavy atom. The highest BCUT2D eigenvalue weighted by atomic mass is 16.6. The van der Waals surface area contributed by atoms with Crippen LogP contribution in [-0.2, 0) is 0 Å². The number of likely N-dealkylation sites (N-methyl/N-ethyl adjacent to an activating group) is 1. The van der Waals surface area contributed by atoms with Crippen molar-refractivity contribution in [2.45, 2.75) is 12.2 Å². The molecule has 8 nitrogen and oxygen atoms in total. The number of aromatic amines is 1. The molecular weight excluding hydrogens is 230 g/mol. The summed E-state index contributed by atoms with van der Waals surface area (Å²) in [5.74, 6) is 0. The van der Waals surface area contributed by atoms with Gasteiger partial charge in [-0.2, -0.15) is 0 Å². The normalized spacial score (nSPS) is 14.3. The Bertz CT molecular complexity index is 458. The van der Waals surface area contributed by atoms with Crippen LogP contribution in [0.15, 0.2) is 17.1 Å². The molecule has 0 aromatic carbocycles. The van der Waals surface area contributed by atoms with E-state index in [0.717, 1.165) is 12.3 Å². The Morgan fingerprint density at radius 2 is 2.24 bits per heavy atom. The van der Waals surface area contributed by atoms with Crippen molar-refractivity contribution < 1.29 is 15.1 Å². The predicted molar refractivity (Wildman–Crippen MR) is 58.6 cm³/mol. The number of rotatable bonds is 5. The first-order valence-corrected chi connectivity index (χ1v) is 4.85. The zero-order valence-electron chi connectivity index (χ0n) is 9.08. The lowest BCUT2D eigenvalue weighted by molar-refractivity contribution is -0.386. The third kappa shape index (κ3) is 3.09. The fraction of sp³-hybridized carbons (Fsp3) is 0.444. The van der Waals surface area contributed by atoms with Crippen LogP contribution in [0.1, 0.15) is 11.7 Å². The van der Waals surface area contributed by atoms with Crippen molar-refractivity contribution in [3.63, 3.8) is 0 Å². The number of hydrogen-bond donors (Lipinski definition) is 4. The molecule has 0 spiro atoms. The maximum Gasteiger partial charge on any atom is 0.334 e. The molecular formula is C9H13N3O5. The minimum absolute atomic E-state index is 0.0825. The van der Waals surface area contributed by atoms with Crippen molar-refractivity contribution in [2.24, 2.45) is 0 Å². The summed E-state index contributed by atoms with van der Waals surface area (Å²) in [6.45, 7) is 0.119. The molecule has 0 aliphatic rings. The van der Waals surface area contributed by atoms with Gasteiger partial charge in [0, 0.05) is 24.4 Å². The summed E-state index contributed by atoms with van der Waals surface area (Å²) in [6.07, 6.45) is -1.29. The molecule has 0 saturated heterocycles. The third-order valence-electron chi connectivity index (χ3n) is 2.22. The van der Waals surface area contributed by atoms with Gasteiger partial charge < -0.3 is 20.5 Å². The molecule has 8 heteroatoms. The fourth-order valence-electron chi connectivity index (χ4n) is 1.34. The van der Waals surface area contributed by atoms with Crippen LogP contribution in [0.4, 0.5) is 5.69 Å². The Labute approximate surface area is 96.1 Å². The monoisotopic (exact) mass is 243 g/mol. The number of nitro groups is 1. The number of aliphatic hydroxyl groups is 2. The molecule has 0 bridgehead atoms. The molecule has 0 amide bonds. The second kappa shape index (κ2) is 5.53. The topological polar surface area (TPSA) is 128 Å². The SMILES string of the molecule is CNCC(O)C(O)c1c[nH]c(=O)c([N+](=O)[O-])c1. The van der Waals surface area contributed by atoms with Crippen LogP contribution in [0.2, 0.25) is 0 Å². The van der Waals surface area contributed by atoms with Gasteiger partial charge in [-0.3, -0.25) is 14.9 Å². The minimum atomic E-state index is -1.31.